The summed E-state index contributed by atoms with van der Waals surface area (Å²) in [5, 5.41) is 3.59. The van der Waals surface area contributed by atoms with E-state index in [1.807, 2.05) is 12.1 Å². The van der Waals surface area contributed by atoms with Crippen LogP contribution in [0.5, 0.6) is 5.75 Å². The lowest BCUT2D eigenvalue weighted by Crippen LogP contribution is -2.52. The maximum Gasteiger partial charge on any atom is 0.118 e. The Morgan fingerprint density at radius 3 is 2.67 bits per heavy atom. The predicted octanol–water partition coefficient (Wildman–Crippen LogP) is 2.12. The Morgan fingerprint density at radius 2 is 2.06 bits per heavy atom. The number of hydrogen-bond donors (Lipinski definition) is 1. The van der Waals surface area contributed by atoms with Crippen LogP contribution in [0.1, 0.15) is 19.4 Å². The van der Waals surface area contributed by atoms with E-state index in [2.05, 4.69) is 36.2 Å². The van der Waals surface area contributed by atoms with Crippen LogP contribution in [0.25, 0.3) is 0 Å². The molecule has 0 aromatic heterocycles. The van der Waals surface area contributed by atoms with Crippen molar-refractivity contribution in [2.45, 2.75) is 26.4 Å². The van der Waals surface area contributed by atoms with Crippen molar-refractivity contribution in [2.24, 2.45) is 5.92 Å². The van der Waals surface area contributed by atoms with Gasteiger partial charge in [0.15, 0.2) is 0 Å². The van der Waals surface area contributed by atoms with Crippen LogP contribution in [-0.4, -0.2) is 37.7 Å². The molecule has 2 rings (SSSR count). The number of benzene rings is 1. The van der Waals surface area contributed by atoms with Gasteiger partial charge in [0.2, 0.25) is 0 Å². The molecule has 0 spiro atoms. The van der Waals surface area contributed by atoms with Crippen LogP contribution in [0, 0.1) is 5.92 Å². The average molecular weight is 248 g/mol. The minimum Gasteiger partial charge on any atom is -0.497 e. The van der Waals surface area contributed by atoms with Gasteiger partial charge < -0.3 is 10.1 Å². The van der Waals surface area contributed by atoms with Crippen LogP contribution in [-0.2, 0) is 6.54 Å². The van der Waals surface area contributed by atoms with Gasteiger partial charge in [-0.05, 0) is 23.6 Å². The number of nitrogens with zero attached hydrogens (tertiary/aromatic N) is 1. The third-order valence-electron chi connectivity index (χ3n) is 3.66. The third-order valence-corrected chi connectivity index (χ3v) is 3.66. The molecule has 0 saturated carbocycles. The summed E-state index contributed by atoms with van der Waals surface area (Å²) in [6.45, 7) is 8.98. The van der Waals surface area contributed by atoms with Gasteiger partial charge in [0.1, 0.15) is 5.75 Å². The van der Waals surface area contributed by atoms with E-state index < -0.39 is 0 Å². The Bertz CT molecular complexity index is 361. The molecule has 1 heterocycles. The fourth-order valence-corrected chi connectivity index (χ4v) is 2.42. The smallest absolute Gasteiger partial charge is 0.118 e. The summed E-state index contributed by atoms with van der Waals surface area (Å²) in [6, 6.07) is 9.02. The minimum atomic E-state index is 0.622. The summed E-state index contributed by atoms with van der Waals surface area (Å²) in [7, 11) is 1.71. The van der Waals surface area contributed by atoms with E-state index in [1.165, 1.54) is 5.56 Å². The number of rotatable bonds is 4. The summed E-state index contributed by atoms with van der Waals surface area (Å²) >= 11 is 0. The Hall–Kier alpha value is -1.06. The van der Waals surface area contributed by atoms with Gasteiger partial charge in [-0.1, -0.05) is 26.0 Å². The molecule has 18 heavy (non-hydrogen) atoms. The van der Waals surface area contributed by atoms with Gasteiger partial charge >= 0.3 is 0 Å². The standard InChI is InChI=1S/C15H24N2O/c1-12(2)15-11-17(9-8-16-15)10-13-4-6-14(18-3)7-5-13/h4-7,12,15-16H,8-11H2,1-3H3. The number of piperazine rings is 1. The van der Waals surface area contributed by atoms with Gasteiger partial charge in [-0.2, -0.15) is 0 Å². The van der Waals surface area contributed by atoms with Gasteiger partial charge in [0.05, 0.1) is 7.11 Å². The third kappa shape index (κ3) is 3.47. The lowest BCUT2D eigenvalue weighted by atomic mass is 10.0. The molecule has 1 saturated heterocycles. The highest BCUT2D eigenvalue weighted by Gasteiger charge is 2.21. The second kappa shape index (κ2) is 6.21. The molecule has 1 aromatic rings. The van der Waals surface area contributed by atoms with Gasteiger partial charge in [-0.15, -0.1) is 0 Å². The lowest BCUT2D eigenvalue weighted by Gasteiger charge is -2.35. The van der Waals surface area contributed by atoms with Crippen molar-refractivity contribution in [1.82, 2.24) is 10.2 Å². The van der Waals surface area contributed by atoms with E-state index in [-0.39, 0.29) is 0 Å². The topological polar surface area (TPSA) is 24.5 Å². The van der Waals surface area contributed by atoms with E-state index in [0.717, 1.165) is 31.9 Å². The van der Waals surface area contributed by atoms with Crippen molar-refractivity contribution < 1.29 is 4.74 Å². The quantitative estimate of drug-likeness (QED) is 0.883. The molecule has 100 valence electrons. The largest absolute Gasteiger partial charge is 0.497 e. The summed E-state index contributed by atoms with van der Waals surface area (Å²) in [5.74, 6) is 1.63. The Balaban J connectivity index is 1.91. The maximum atomic E-state index is 5.18. The zero-order valence-corrected chi connectivity index (χ0v) is 11.6. The fraction of sp³-hybridized carbons (Fsp3) is 0.600. The van der Waals surface area contributed by atoms with Crippen LogP contribution < -0.4 is 10.1 Å². The summed E-state index contributed by atoms with van der Waals surface area (Å²) in [4.78, 5) is 2.53. The fourth-order valence-electron chi connectivity index (χ4n) is 2.42. The maximum absolute atomic E-state index is 5.18. The van der Waals surface area contributed by atoms with Gasteiger partial charge in [-0.25, -0.2) is 0 Å². The molecule has 0 aliphatic carbocycles. The highest BCUT2D eigenvalue weighted by atomic mass is 16.5. The highest BCUT2D eigenvalue weighted by molar-refractivity contribution is 5.27. The minimum absolute atomic E-state index is 0.622. The Labute approximate surface area is 110 Å². The zero-order chi connectivity index (χ0) is 13.0. The first-order valence-corrected chi connectivity index (χ1v) is 6.77. The molecule has 0 bridgehead atoms. The first-order valence-electron chi connectivity index (χ1n) is 6.77. The summed E-state index contributed by atoms with van der Waals surface area (Å²) in [5.41, 5.74) is 1.36. The van der Waals surface area contributed by atoms with Crippen LogP contribution in [0.3, 0.4) is 0 Å². The van der Waals surface area contributed by atoms with Gasteiger partial charge in [0, 0.05) is 32.2 Å². The van der Waals surface area contributed by atoms with Crippen LogP contribution in [0.15, 0.2) is 24.3 Å². The molecule has 1 aliphatic heterocycles. The molecule has 0 radical (unpaired) electrons. The molecule has 1 unspecified atom stereocenters. The normalized spacial score (nSPS) is 21.2. The molecule has 1 atom stereocenters. The molecular formula is C15H24N2O. The van der Waals surface area contributed by atoms with E-state index in [4.69, 9.17) is 4.74 Å². The highest BCUT2D eigenvalue weighted by Crippen LogP contribution is 2.15. The molecule has 3 nitrogen and oxygen atoms in total. The predicted molar refractivity (Wildman–Crippen MR) is 74.9 cm³/mol. The van der Waals surface area contributed by atoms with E-state index in [1.54, 1.807) is 7.11 Å². The average Bonchev–Trinajstić information content (AvgIpc) is 2.40. The molecule has 1 fully saturated rings. The monoisotopic (exact) mass is 248 g/mol. The second-order valence-corrected chi connectivity index (χ2v) is 5.39. The summed E-state index contributed by atoms with van der Waals surface area (Å²) in [6.07, 6.45) is 0. The zero-order valence-electron chi connectivity index (χ0n) is 11.6. The Morgan fingerprint density at radius 1 is 1.33 bits per heavy atom. The SMILES string of the molecule is COc1ccc(CN2CCNC(C(C)C)C2)cc1. The van der Waals surface area contributed by atoms with Gasteiger partial charge in [-0.3, -0.25) is 4.90 Å². The van der Waals surface area contributed by atoms with E-state index in [0.29, 0.717) is 12.0 Å². The molecule has 0 amide bonds. The van der Waals surface area contributed by atoms with Gasteiger partial charge in [0.25, 0.3) is 0 Å². The first kappa shape index (κ1) is 13.4. The molecule has 1 aromatic carbocycles. The number of hydrogen-bond acceptors (Lipinski definition) is 3. The van der Waals surface area contributed by atoms with E-state index in [9.17, 15) is 0 Å². The summed E-state index contributed by atoms with van der Waals surface area (Å²) < 4.78 is 5.18. The van der Waals surface area contributed by atoms with Crippen molar-refractivity contribution in [1.29, 1.82) is 0 Å². The molecule has 1 aliphatic rings. The van der Waals surface area contributed by atoms with Crippen molar-refractivity contribution in [3.63, 3.8) is 0 Å². The molecule has 3 heteroatoms. The lowest BCUT2D eigenvalue weighted by molar-refractivity contribution is 0.168. The van der Waals surface area contributed by atoms with Crippen molar-refractivity contribution in [3.05, 3.63) is 29.8 Å². The molecular weight excluding hydrogens is 224 g/mol. The van der Waals surface area contributed by atoms with Crippen molar-refractivity contribution in [3.8, 4) is 5.75 Å². The van der Waals surface area contributed by atoms with E-state index >= 15 is 0 Å². The van der Waals surface area contributed by atoms with Crippen LogP contribution >= 0.6 is 0 Å². The van der Waals surface area contributed by atoms with Crippen molar-refractivity contribution >= 4 is 0 Å². The molecule has 1 N–H and O–H groups in total. The van der Waals surface area contributed by atoms with Crippen LogP contribution in [0.4, 0.5) is 0 Å². The number of nitrogens with one attached hydrogen (secondary N) is 1. The number of ether oxygens (including phenoxy) is 1. The van der Waals surface area contributed by atoms with Crippen LogP contribution in [0.2, 0.25) is 0 Å². The number of methoxy groups -OCH3 is 1. The first-order chi connectivity index (χ1) is 8.69. The Kier molecular flexibility index (Phi) is 4.61. The van der Waals surface area contributed by atoms with Crippen molar-refractivity contribution in [2.75, 3.05) is 26.7 Å². The second-order valence-electron chi connectivity index (χ2n) is 5.39.